The van der Waals surface area contributed by atoms with Gasteiger partial charge in [-0.3, -0.25) is 4.79 Å². The van der Waals surface area contributed by atoms with Gasteiger partial charge in [0.2, 0.25) is 10.0 Å². The van der Waals surface area contributed by atoms with E-state index in [1.54, 1.807) is 44.2 Å². The van der Waals surface area contributed by atoms with E-state index >= 15 is 0 Å². The Bertz CT molecular complexity index is 521. The molecule has 0 aliphatic heterocycles. The summed E-state index contributed by atoms with van der Waals surface area (Å²) in [5.41, 5.74) is -0.797. The van der Waals surface area contributed by atoms with E-state index in [2.05, 4.69) is 4.72 Å². The van der Waals surface area contributed by atoms with Crippen molar-refractivity contribution in [3.63, 3.8) is 0 Å². The maximum atomic E-state index is 12.1. The summed E-state index contributed by atoms with van der Waals surface area (Å²) in [6.45, 7) is 3.31. The highest BCUT2D eigenvalue weighted by molar-refractivity contribution is 7.88. The van der Waals surface area contributed by atoms with Crippen molar-refractivity contribution in [1.82, 2.24) is 4.72 Å². The summed E-state index contributed by atoms with van der Waals surface area (Å²) in [5.74, 6) is -1.36. The highest BCUT2D eigenvalue weighted by atomic mass is 32.2. The minimum absolute atomic E-state index is 0.201. The fraction of sp³-hybridized carbons (Fsp3) is 0.462. The summed E-state index contributed by atoms with van der Waals surface area (Å²) >= 11 is 0. The third-order valence-corrected chi connectivity index (χ3v) is 4.58. The van der Waals surface area contributed by atoms with E-state index in [1.807, 2.05) is 0 Å². The Kier molecular flexibility index (Phi) is 5.08. The molecule has 0 unspecified atom stereocenters. The molecule has 0 saturated heterocycles. The summed E-state index contributed by atoms with van der Waals surface area (Å²) in [4.78, 5) is 11.3. The lowest BCUT2D eigenvalue weighted by atomic mass is 9.95. The largest absolute Gasteiger partial charge is 0.480 e. The van der Waals surface area contributed by atoms with E-state index < -0.39 is 21.5 Å². The first-order valence-electron chi connectivity index (χ1n) is 6.14. The summed E-state index contributed by atoms with van der Waals surface area (Å²) in [6.07, 6.45) is 0.402. The van der Waals surface area contributed by atoms with Crippen LogP contribution in [0.5, 0.6) is 0 Å². The van der Waals surface area contributed by atoms with Gasteiger partial charge in [-0.1, -0.05) is 44.2 Å². The van der Waals surface area contributed by atoms with Crippen molar-refractivity contribution in [2.75, 3.05) is 0 Å². The molecule has 5 nitrogen and oxygen atoms in total. The molecule has 106 valence electrons. The lowest BCUT2D eigenvalue weighted by Crippen LogP contribution is -2.53. The first kappa shape index (κ1) is 15.7. The van der Waals surface area contributed by atoms with Crippen LogP contribution in [0.3, 0.4) is 0 Å². The fourth-order valence-corrected chi connectivity index (χ4v) is 3.54. The van der Waals surface area contributed by atoms with Crippen LogP contribution in [-0.4, -0.2) is 25.0 Å². The molecule has 0 saturated carbocycles. The van der Waals surface area contributed by atoms with Crippen LogP contribution in [0.4, 0.5) is 0 Å². The molecule has 0 bridgehead atoms. The lowest BCUT2D eigenvalue weighted by molar-refractivity contribution is -0.144. The molecule has 19 heavy (non-hydrogen) atoms. The first-order chi connectivity index (χ1) is 8.85. The number of nitrogens with one attached hydrogen (secondary N) is 1. The third-order valence-electron chi connectivity index (χ3n) is 3.17. The van der Waals surface area contributed by atoms with E-state index in [9.17, 15) is 18.3 Å². The van der Waals surface area contributed by atoms with Gasteiger partial charge >= 0.3 is 5.97 Å². The van der Waals surface area contributed by atoms with Gasteiger partial charge in [0.05, 0.1) is 5.75 Å². The number of benzene rings is 1. The number of hydrogen-bond acceptors (Lipinski definition) is 3. The predicted molar refractivity (Wildman–Crippen MR) is 73.2 cm³/mol. The van der Waals surface area contributed by atoms with Gasteiger partial charge in [-0.25, -0.2) is 8.42 Å². The molecule has 0 aromatic heterocycles. The fourth-order valence-electron chi connectivity index (χ4n) is 1.87. The summed E-state index contributed by atoms with van der Waals surface area (Å²) in [7, 11) is -3.69. The van der Waals surface area contributed by atoms with E-state index in [0.29, 0.717) is 5.56 Å². The maximum Gasteiger partial charge on any atom is 0.324 e. The molecule has 0 aliphatic carbocycles. The van der Waals surface area contributed by atoms with Crippen molar-refractivity contribution in [3.8, 4) is 0 Å². The van der Waals surface area contributed by atoms with E-state index in [-0.39, 0.29) is 18.6 Å². The Morgan fingerprint density at radius 1 is 1.21 bits per heavy atom. The summed E-state index contributed by atoms with van der Waals surface area (Å²) in [5, 5.41) is 9.23. The molecule has 0 heterocycles. The second-order valence-corrected chi connectivity index (χ2v) is 6.16. The number of carbonyl (C=O) groups is 1. The van der Waals surface area contributed by atoms with Crippen LogP contribution in [0.1, 0.15) is 32.3 Å². The van der Waals surface area contributed by atoms with Crippen LogP contribution in [-0.2, 0) is 20.6 Å². The van der Waals surface area contributed by atoms with Crippen LogP contribution < -0.4 is 4.72 Å². The van der Waals surface area contributed by atoms with Crippen molar-refractivity contribution in [1.29, 1.82) is 0 Å². The Morgan fingerprint density at radius 3 is 2.16 bits per heavy atom. The Morgan fingerprint density at radius 2 is 1.74 bits per heavy atom. The Labute approximate surface area is 113 Å². The topological polar surface area (TPSA) is 83.5 Å². The molecule has 1 rings (SSSR count). The molecule has 2 N–H and O–H groups in total. The standard InChI is InChI=1S/C13H19NO4S/c1-3-13(4-2,12(15)16)14-19(17,18)10-11-8-6-5-7-9-11/h5-9,14H,3-4,10H2,1-2H3,(H,15,16). The quantitative estimate of drug-likeness (QED) is 0.799. The minimum Gasteiger partial charge on any atom is -0.480 e. The lowest BCUT2D eigenvalue weighted by Gasteiger charge is -2.27. The zero-order valence-corrected chi connectivity index (χ0v) is 11.9. The van der Waals surface area contributed by atoms with E-state index in [1.165, 1.54) is 0 Å². The van der Waals surface area contributed by atoms with Gasteiger partial charge in [-0.15, -0.1) is 0 Å². The average molecular weight is 285 g/mol. The van der Waals surface area contributed by atoms with Crippen molar-refractivity contribution >= 4 is 16.0 Å². The van der Waals surface area contributed by atoms with Crippen LogP contribution in [0.25, 0.3) is 0 Å². The molecule has 0 fully saturated rings. The number of rotatable bonds is 7. The zero-order chi connectivity index (χ0) is 14.5. The minimum atomic E-state index is -3.69. The van der Waals surface area contributed by atoms with Crippen LogP contribution in [0.15, 0.2) is 30.3 Å². The molecule has 1 aromatic carbocycles. The molecule has 0 aliphatic rings. The monoisotopic (exact) mass is 285 g/mol. The summed E-state index contributed by atoms with van der Waals surface area (Å²) < 4.78 is 26.5. The Hall–Kier alpha value is -1.40. The molecule has 0 radical (unpaired) electrons. The SMILES string of the molecule is CCC(CC)(NS(=O)(=O)Cc1ccccc1)C(=O)O. The Balaban J connectivity index is 2.93. The molecule has 0 amide bonds. The van der Waals surface area contributed by atoms with Crippen LogP contribution in [0, 0.1) is 0 Å². The average Bonchev–Trinajstić information content (AvgIpc) is 2.36. The summed E-state index contributed by atoms with van der Waals surface area (Å²) in [6, 6.07) is 8.67. The number of aliphatic carboxylic acids is 1. The number of sulfonamides is 1. The smallest absolute Gasteiger partial charge is 0.324 e. The van der Waals surface area contributed by atoms with Crippen molar-refractivity contribution in [2.24, 2.45) is 0 Å². The van der Waals surface area contributed by atoms with Gasteiger partial charge in [0.15, 0.2) is 0 Å². The zero-order valence-electron chi connectivity index (χ0n) is 11.1. The molecule has 0 spiro atoms. The van der Waals surface area contributed by atoms with Crippen molar-refractivity contribution < 1.29 is 18.3 Å². The highest BCUT2D eigenvalue weighted by Crippen LogP contribution is 2.18. The predicted octanol–water partition coefficient (Wildman–Crippen LogP) is 1.75. The van der Waals surface area contributed by atoms with Gasteiger partial charge < -0.3 is 5.11 Å². The number of carboxylic acids is 1. The van der Waals surface area contributed by atoms with Gasteiger partial charge in [0, 0.05) is 0 Å². The second kappa shape index (κ2) is 6.16. The number of carboxylic acid groups (broad SMARTS) is 1. The van der Waals surface area contributed by atoms with E-state index in [0.717, 1.165) is 0 Å². The number of hydrogen-bond donors (Lipinski definition) is 2. The van der Waals surface area contributed by atoms with Crippen molar-refractivity contribution in [2.45, 2.75) is 38.0 Å². The van der Waals surface area contributed by atoms with Gasteiger partial charge in [0.25, 0.3) is 0 Å². The van der Waals surface area contributed by atoms with Crippen LogP contribution >= 0.6 is 0 Å². The molecular weight excluding hydrogens is 266 g/mol. The third kappa shape index (κ3) is 4.04. The van der Waals surface area contributed by atoms with Crippen molar-refractivity contribution in [3.05, 3.63) is 35.9 Å². The van der Waals surface area contributed by atoms with Crippen LogP contribution in [0.2, 0.25) is 0 Å². The maximum absolute atomic E-state index is 12.1. The van der Waals surface area contributed by atoms with Gasteiger partial charge in [-0.05, 0) is 18.4 Å². The van der Waals surface area contributed by atoms with E-state index in [4.69, 9.17) is 0 Å². The molecule has 0 atom stereocenters. The normalized spacial score (nSPS) is 12.3. The first-order valence-corrected chi connectivity index (χ1v) is 7.79. The molecule has 1 aromatic rings. The highest BCUT2D eigenvalue weighted by Gasteiger charge is 2.38. The molecular formula is C13H19NO4S. The molecule has 6 heteroatoms. The second-order valence-electron chi connectivity index (χ2n) is 4.44. The van der Waals surface area contributed by atoms with Gasteiger partial charge in [-0.2, -0.15) is 4.72 Å². The van der Waals surface area contributed by atoms with Gasteiger partial charge in [0.1, 0.15) is 5.54 Å².